The Kier molecular flexibility index (Phi) is 5.17. The molecule has 0 aliphatic heterocycles. The monoisotopic (exact) mass is 249 g/mol. The molecule has 0 bridgehead atoms. The third-order valence-corrected chi connectivity index (χ3v) is 3.57. The molecule has 1 aromatic carbocycles. The lowest BCUT2D eigenvalue weighted by Gasteiger charge is -2.43. The lowest BCUT2D eigenvalue weighted by Crippen LogP contribution is -2.60. The van der Waals surface area contributed by atoms with Gasteiger partial charge < -0.3 is 14.8 Å². The Hall–Kier alpha value is -0.900. The van der Waals surface area contributed by atoms with Crippen LogP contribution < -0.4 is 5.32 Å². The minimum Gasteiger partial charge on any atom is -0.377 e. The molecule has 0 saturated heterocycles. The van der Waals surface area contributed by atoms with Crippen molar-refractivity contribution in [1.29, 1.82) is 0 Å². The Morgan fingerprint density at radius 1 is 1.28 bits per heavy atom. The minimum atomic E-state index is 0.209. The van der Waals surface area contributed by atoms with Gasteiger partial charge in [-0.05, 0) is 31.9 Å². The fourth-order valence-corrected chi connectivity index (χ4v) is 2.52. The van der Waals surface area contributed by atoms with Crippen LogP contribution in [0.2, 0.25) is 0 Å². The Bertz CT molecular complexity index is 342. The van der Waals surface area contributed by atoms with Crippen LogP contribution in [0.15, 0.2) is 30.3 Å². The average Bonchev–Trinajstić information content (AvgIpc) is 2.38. The second-order valence-corrected chi connectivity index (χ2v) is 4.73. The topological polar surface area (TPSA) is 30.5 Å². The molecule has 2 rings (SSSR count). The summed E-state index contributed by atoms with van der Waals surface area (Å²) in [5.41, 5.74) is 1.37. The number of rotatable bonds is 7. The van der Waals surface area contributed by atoms with Crippen molar-refractivity contribution in [3.63, 3.8) is 0 Å². The Morgan fingerprint density at radius 2 is 2.06 bits per heavy atom. The molecule has 1 saturated carbocycles. The summed E-state index contributed by atoms with van der Waals surface area (Å²) in [6, 6.07) is 11.0. The normalized spacial score (nSPS) is 26.9. The van der Waals surface area contributed by atoms with E-state index in [-0.39, 0.29) is 12.2 Å². The van der Waals surface area contributed by atoms with Gasteiger partial charge in [-0.2, -0.15) is 0 Å². The summed E-state index contributed by atoms with van der Waals surface area (Å²) in [4.78, 5) is 0. The summed E-state index contributed by atoms with van der Waals surface area (Å²) in [5.74, 6) is 0. The van der Waals surface area contributed by atoms with E-state index in [4.69, 9.17) is 9.47 Å². The highest BCUT2D eigenvalue weighted by atomic mass is 16.5. The van der Waals surface area contributed by atoms with E-state index in [0.717, 1.165) is 26.0 Å². The van der Waals surface area contributed by atoms with Gasteiger partial charge in [0.15, 0.2) is 0 Å². The Morgan fingerprint density at radius 3 is 2.72 bits per heavy atom. The lowest BCUT2D eigenvalue weighted by atomic mass is 9.85. The molecule has 0 amide bonds. The van der Waals surface area contributed by atoms with Crippen molar-refractivity contribution < 1.29 is 9.47 Å². The molecule has 18 heavy (non-hydrogen) atoms. The van der Waals surface area contributed by atoms with Crippen LogP contribution in [0.25, 0.3) is 0 Å². The average molecular weight is 249 g/mol. The molecule has 3 atom stereocenters. The second-order valence-electron chi connectivity index (χ2n) is 4.73. The van der Waals surface area contributed by atoms with Gasteiger partial charge in [0.25, 0.3) is 0 Å². The molecule has 0 heterocycles. The van der Waals surface area contributed by atoms with Crippen LogP contribution in [0.4, 0.5) is 0 Å². The summed E-state index contributed by atoms with van der Waals surface area (Å²) in [5, 5.41) is 3.55. The summed E-state index contributed by atoms with van der Waals surface area (Å²) < 4.78 is 11.1. The van der Waals surface area contributed by atoms with E-state index in [1.54, 1.807) is 7.11 Å². The number of hydrogen-bond acceptors (Lipinski definition) is 3. The van der Waals surface area contributed by atoms with Crippen molar-refractivity contribution in [1.82, 2.24) is 5.32 Å². The van der Waals surface area contributed by atoms with Gasteiger partial charge in [-0.1, -0.05) is 30.3 Å². The number of nitrogens with one attached hydrogen (secondary N) is 1. The maximum absolute atomic E-state index is 5.61. The van der Waals surface area contributed by atoms with E-state index in [1.807, 2.05) is 6.92 Å². The summed E-state index contributed by atoms with van der Waals surface area (Å²) in [6.07, 6.45) is 2.60. The predicted molar refractivity (Wildman–Crippen MR) is 72.8 cm³/mol. The summed E-state index contributed by atoms with van der Waals surface area (Å²) in [7, 11) is 1.77. The van der Waals surface area contributed by atoms with Crippen LogP contribution in [-0.2, 0) is 15.9 Å². The number of ether oxygens (including phenoxy) is 2. The van der Waals surface area contributed by atoms with Crippen LogP contribution in [-0.4, -0.2) is 38.5 Å². The van der Waals surface area contributed by atoms with Crippen molar-refractivity contribution in [3.05, 3.63) is 35.9 Å². The third-order valence-electron chi connectivity index (χ3n) is 3.57. The fraction of sp³-hybridized carbons (Fsp3) is 0.600. The van der Waals surface area contributed by atoms with E-state index >= 15 is 0 Å². The first-order valence-electron chi connectivity index (χ1n) is 6.77. The van der Waals surface area contributed by atoms with Crippen molar-refractivity contribution in [2.45, 2.75) is 38.0 Å². The van der Waals surface area contributed by atoms with E-state index < -0.39 is 0 Å². The third kappa shape index (κ3) is 3.31. The van der Waals surface area contributed by atoms with E-state index in [9.17, 15) is 0 Å². The second kappa shape index (κ2) is 6.88. The van der Waals surface area contributed by atoms with Gasteiger partial charge in [0.2, 0.25) is 0 Å². The van der Waals surface area contributed by atoms with Crippen LogP contribution in [0.1, 0.15) is 18.9 Å². The van der Waals surface area contributed by atoms with Gasteiger partial charge in [-0.15, -0.1) is 0 Å². The molecule has 0 radical (unpaired) electrons. The van der Waals surface area contributed by atoms with Gasteiger partial charge in [0, 0.05) is 19.8 Å². The first kappa shape index (κ1) is 13.5. The zero-order chi connectivity index (χ0) is 12.8. The van der Waals surface area contributed by atoms with Gasteiger partial charge in [-0.3, -0.25) is 0 Å². The molecule has 1 aliphatic carbocycles. The van der Waals surface area contributed by atoms with Crippen molar-refractivity contribution in [2.24, 2.45) is 0 Å². The molecular formula is C15H23NO2. The molecule has 0 aromatic heterocycles. The zero-order valence-electron chi connectivity index (χ0n) is 11.3. The molecule has 1 N–H and O–H groups in total. The van der Waals surface area contributed by atoms with Gasteiger partial charge in [0.1, 0.15) is 0 Å². The SMILES string of the molecule is CCOC1CC(NCCc2ccccc2)C1OC. The highest BCUT2D eigenvalue weighted by molar-refractivity contribution is 5.15. The first-order chi connectivity index (χ1) is 8.85. The largest absolute Gasteiger partial charge is 0.377 e. The first-order valence-corrected chi connectivity index (χ1v) is 6.77. The highest BCUT2D eigenvalue weighted by Gasteiger charge is 2.41. The summed E-state index contributed by atoms with van der Waals surface area (Å²) >= 11 is 0. The van der Waals surface area contributed by atoms with Gasteiger partial charge in [-0.25, -0.2) is 0 Å². The van der Waals surface area contributed by atoms with E-state index in [1.165, 1.54) is 5.56 Å². The van der Waals surface area contributed by atoms with Gasteiger partial charge in [0.05, 0.1) is 12.2 Å². The molecule has 1 aromatic rings. The fourth-order valence-electron chi connectivity index (χ4n) is 2.52. The number of methoxy groups -OCH3 is 1. The molecule has 3 nitrogen and oxygen atoms in total. The molecule has 3 unspecified atom stereocenters. The molecular weight excluding hydrogens is 226 g/mol. The lowest BCUT2D eigenvalue weighted by molar-refractivity contribution is -0.131. The molecule has 0 spiro atoms. The number of benzene rings is 1. The standard InChI is InChI=1S/C15H23NO2/c1-3-18-14-11-13(15(14)17-2)16-10-9-12-7-5-4-6-8-12/h4-8,13-16H,3,9-11H2,1-2H3. The van der Waals surface area contributed by atoms with E-state index in [0.29, 0.717) is 6.04 Å². The maximum atomic E-state index is 5.61. The predicted octanol–water partition coefficient (Wildman–Crippen LogP) is 2.01. The van der Waals surface area contributed by atoms with Crippen LogP contribution in [0.3, 0.4) is 0 Å². The highest BCUT2D eigenvalue weighted by Crippen LogP contribution is 2.26. The molecule has 1 fully saturated rings. The number of hydrogen-bond donors (Lipinski definition) is 1. The van der Waals surface area contributed by atoms with Crippen LogP contribution in [0, 0.1) is 0 Å². The molecule has 100 valence electrons. The maximum Gasteiger partial charge on any atom is 0.0986 e. The van der Waals surface area contributed by atoms with Crippen molar-refractivity contribution in [2.75, 3.05) is 20.3 Å². The Balaban J connectivity index is 1.69. The molecule has 3 heteroatoms. The van der Waals surface area contributed by atoms with E-state index in [2.05, 4.69) is 35.6 Å². The van der Waals surface area contributed by atoms with Gasteiger partial charge >= 0.3 is 0 Å². The van der Waals surface area contributed by atoms with Crippen molar-refractivity contribution in [3.8, 4) is 0 Å². The Labute approximate surface area is 109 Å². The zero-order valence-corrected chi connectivity index (χ0v) is 11.3. The quantitative estimate of drug-likeness (QED) is 0.802. The van der Waals surface area contributed by atoms with Crippen LogP contribution >= 0.6 is 0 Å². The van der Waals surface area contributed by atoms with Crippen molar-refractivity contribution >= 4 is 0 Å². The van der Waals surface area contributed by atoms with Crippen LogP contribution in [0.5, 0.6) is 0 Å². The summed E-state index contributed by atoms with van der Waals surface area (Å²) in [6.45, 7) is 3.79. The smallest absolute Gasteiger partial charge is 0.0986 e. The molecule has 1 aliphatic rings. The minimum absolute atomic E-state index is 0.209.